The molecule has 4 nitrogen and oxygen atoms in total. The Bertz CT molecular complexity index is 248. The summed E-state index contributed by atoms with van der Waals surface area (Å²) < 4.78 is 5.13. The van der Waals surface area contributed by atoms with Crippen molar-refractivity contribution >= 4 is 11.9 Å². The molecule has 0 bridgehead atoms. The number of rotatable bonds is 3. The Hall–Kier alpha value is -1.06. The smallest absolute Gasteiger partial charge is 0.306 e. The fourth-order valence-electron chi connectivity index (χ4n) is 1.46. The zero-order chi connectivity index (χ0) is 10.8. The molecule has 1 atom stereocenters. The maximum Gasteiger partial charge on any atom is 0.306 e. The van der Waals surface area contributed by atoms with Crippen molar-refractivity contribution in [3.8, 4) is 0 Å². The lowest BCUT2D eigenvalue weighted by Crippen LogP contribution is -2.35. The molecule has 0 aromatic rings. The van der Waals surface area contributed by atoms with Crippen LogP contribution in [0.4, 0.5) is 0 Å². The van der Waals surface area contributed by atoms with E-state index in [9.17, 15) is 9.59 Å². The Labute approximate surface area is 84.0 Å². The van der Waals surface area contributed by atoms with Gasteiger partial charge in [-0.25, -0.2) is 0 Å². The highest BCUT2D eigenvalue weighted by atomic mass is 16.5. The normalized spacial score (nSPS) is 24.5. The second-order valence-corrected chi connectivity index (χ2v) is 4.33. The van der Waals surface area contributed by atoms with Gasteiger partial charge >= 0.3 is 5.97 Å². The van der Waals surface area contributed by atoms with Crippen LogP contribution >= 0.6 is 0 Å². The SMILES string of the molecule is CCCC(=O)O[C@@H]1C(=O)NCC1(C)C. The van der Waals surface area contributed by atoms with E-state index in [1.165, 1.54) is 0 Å². The average molecular weight is 199 g/mol. The second kappa shape index (κ2) is 3.98. The van der Waals surface area contributed by atoms with E-state index < -0.39 is 6.10 Å². The van der Waals surface area contributed by atoms with Crippen LogP contribution in [0.1, 0.15) is 33.6 Å². The van der Waals surface area contributed by atoms with Gasteiger partial charge in [-0.2, -0.15) is 0 Å². The zero-order valence-corrected chi connectivity index (χ0v) is 8.92. The fourth-order valence-corrected chi connectivity index (χ4v) is 1.46. The van der Waals surface area contributed by atoms with Gasteiger partial charge in [0.25, 0.3) is 5.91 Å². The number of nitrogens with one attached hydrogen (secondary N) is 1. The molecule has 0 aromatic heterocycles. The van der Waals surface area contributed by atoms with Crippen molar-refractivity contribution in [2.45, 2.75) is 39.7 Å². The van der Waals surface area contributed by atoms with Crippen molar-refractivity contribution in [1.82, 2.24) is 5.32 Å². The Balaban J connectivity index is 2.58. The Morgan fingerprint density at radius 2 is 2.29 bits per heavy atom. The minimum absolute atomic E-state index is 0.181. The summed E-state index contributed by atoms with van der Waals surface area (Å²) in [7, 11) is 0. The number of hydrogen-bond donors (Lipinski definition) is 1. The van der Waals surface area contributed by atoms with Crippen LogP contribution in [0, 0.1) is 5.41 Å². The largest absolute Gasteiger partial charge is 0.452 e. The van der Waals surface area contributed by atoms with Crippen molar-refractivity contribution in [3.63, 3.8) is 0 Å². The molecule has 1 heterocycles. The molecule has 1 amide bonds. The number of carbonyl (C=O) groups excluding carboxylic acids is 2. The Morgan fingerprint density at radius 3 is 2.71 bits per heavy atom. The van der Waals surface area contributed by atoms with Gasteiger partial charge in [0.2, 0.25) is 0 Å². The minimum Gasteiger partial charge on any atom is -0.452 e. The average Bonchev–Trinajstić information content (AvgIpc) is 2.32. The van der Waals surface area contributed by atoms with E-state index in [0.717, 1.165) is 6.42 Å². The summed E-state index contributed by atoms with van der Waals surface area (Å²) >= 11 is 0. The van der Waals surface area contributed by atoms with Gasteiger partial charge in [0, 0.05) is 18.4 Å². The first-order valence-corrected chi connectivity index (χ1v) is 4.94. The van der Waals surface area contributed by atoms with Crippen LogP contribution in [0.5, 0.6) is 0 Å². The van der Waals surface area contributed by atoms with E-state index in [1.54, 1.807) is 0 Å². The highest BCUT2D eigenvalue weighted by molar-refractivity contribution is 5.86. The van der Waals surface area contributed by atoms with Crippen LogP contribution in [-0.2, 0) is 14.3 Å². The van der Waals surface area contributed by atoms with Crippen LogP contribution < -0.4 is 5.32 Å². The van der Waals surface area contributed by atoms with Crippen LogP contribution in [-0.4, -0.2) is 24.5 Å². The third-order valence-corrected chi connectivity index (χ3v) is 2.37. The maximum absolute atomic E-state index is 11.3. The third-order valence-electron chi connectivity index (χ3n) is 2.37. The maximum atomic E-state index is 11.3. The second-order valence-electron chi connectivity index (χ2n) is 4.33. The van der Waals surface area contributed by atoms with Crippen LogP contribution in [0.2, 0.25) is 0 Å². The topological polar surface area (TPSA) is 55.4 Å². The predicted octanol–water partition coefficient (Wildman–Crippen LogP) is 0.854. The molecule has 80 valence electrons. The number of hydrogen-bond acceptors (Lipinski definition) is 3. The predicted molar refractivity (Wildman–Crippen MR) is 51.6 cm³/mol. The number of esters is 1. The monoisotopic (exact) mass is 199 g/mol. The van der Waals surface area contributed by atoms with Crippen LogP contribution in [0.25, 0.3) is 0 Å². The molecule has 0 saturated carbocycles. The molecule has 1 rings (SSSR count). The fraction of sp³-hybridized carbons (Fsp3) is 0.800. The molecule has 1 aliphatic heterocycles. The molecule has 1 aliphatic rings. The Kier molecular flexibility index (Phi) is 3.13. The van der Waals surface area contributed by atoms with Gasteiger partial charge in [0.1, 0.15) is 0 Å². The van der Waals surface area contributed by atoms with E-state index in [2.05, 4.69) is 5.32 Å². The van der Waals surface area contributed by atoms with Crippen molar-refractivity contribution in [2.75, 3.05) is 6.54 Å². The van der Waals surface area contributed by atoms with Crippen molar-refractivity contribution in [3.05, 3.63) is 0 Å². The lowest BCUT2D eigenvalue weighted by Gasteiger charge is -2.23. The number of amides is 1. The molecule has 1 N–H and O–H groups in total. The zero-order valence-electron chi connectivity index (χ0n) is 8.92. The van der Waals surface area contributed by atoms with Gasteiger partial charge in [0.05, 0.1) is 0 Å². The minimum atomic E-state index is -0.624. The van der Waals surface area contributed by atoms with E-state index >= 15 is 0 Å². The van der Waals surface area contributed by atoms with E-state index in [4.69, 9.17) is 4.74 Å². The highest BCUT2D eigenvalue weighted by Crippen LogP contribution is 2.27. The van der Waals surface area contributed by atoms with Gasteiger partial charge in [0.15, 0.2) is 6.10 Å². The number of ether oxygens (including phenoxy) is 1. The van der Waals surface area contributed by atoms with Gasteiger partial charge in [-0.05, 0) is 6.42 Å². The van der Waals surface area contributed by atoms with E-state index in [1.807, 2.05) is 20.8 Å². The van der Waals surface area contributed by atoms with Crippen molar-refractivity contribution < 1.29 is 14.3 Å². The van der Waals surface area contributed by atoms with Crippen molar-refractivity contribution in [1.29, 1.82) is 0 Å². The van der Waals surface area contributed by atoms with Crippen LogP contribution in [0.3, 0.4) is 0 Å². The first-order valence-electron chi connectivity index (χ1n) is 4.94. The van der Waals surface area contributed by atoms with Gasteiger partial charge in [-0.1, -0.05) is 20.8 Å². The van der Waals surface area contributed by atoms with Crippen molar-refractivity contribution in [2.24, 2.45) is 5.41 Å². The summed E-state index contributed by atoms with van der Waals surface area (Å²) in [5, 5.41) is 2.69. The van der Waals surface area contributed by atoms with E-state index in [0.29, 0.717) is 13.0 Å². The summed E-state index contributed by atoms with van der Waals surface area (Å²) in [6.45, 7) is 6.29. The molecule has 4 heteroatoms. The summed E-state index contributed by atoms with van der Waals surface area (Å²) in [4.78, 5) is 22.6. The highest BCUT2D eigenvalue weighted by Gasteiger charge is 2.43. The summed E-state index contributed by atoms with van der Waals surface area (Å²) in [5.74, 6) is -0.470. The molecule has 0 radical (unpaired) electrons. The molecule has 0 aromatic carbocycles. The molecule has 1 fully saturated rings. The lowest BCUT2D eigenvalue weighted by molar-refractivity contribution is -0.158. The van der Waals surface area contributed by atoms with Gasteiger partial charge in [-0.15, -0.1) is 0 Å². The van der Waals surface area contributed by atoms with Gasteiger partial charge in [-0.3, -0.25) is 9.59 Å². The lowest BCUT2D eigenvalue weighted by atomic mass is 9.90. The molecular formula is C10H17NO3. The summed E-state index contributed by atoms with van der Waals surface area (Å²) in [6, 6.07) is 0. The van der Waals surface area contributed by atoms with Crippen LogP contribution in [0.15, 0.2) is 0 Å². The molecule has 14 heavy (non-hydrogen) atoms. The van der Waals surface area contributed by atoms with Gasteiger partial charge < -0.3 is 10.1 Å². The quantitative estimate of drug-likeness (QED) is 0.686. The standard InChI is InChI=1S/C10H17NO3/c1-4-5-7(12)14-8-9(13)11-6-10(8,2)3/h8H,4-6H2,1-3H3,(H,11,13)/t8-/m1/s1. The molecule has 1 saturated heterocycles. The van der Waals surface area contributed by atoms with E-state index in [-0.39, 0.29) is 17.3 Å². The Morgan fingerprint density at radius 1 is 1.64 bits per heavy atom. The summed E-state index contributed by atoms with van der Waals surface area (Å²) in [6.07, 6.45) is 0.495. The summed E-state index contributed by atoms with van der Waals surface area (Å²) in [5.41, 5.74) is -0.291. The molecule has 0 spiro atoms. The molecule has 0 unspecified atom stereocenters. The third kappa shape index (κ3) is 2.25. The first-order chi connectivity index (χ1) is 6.47. The number of carbonyl (C=O) groups is 2. The first kappa shape index (κ1) is 11.0. The molecule has 0 aliphatic carbocycles. The molecular weight excluding hydrogens is 182 g/mol.